The van der Waals surface area contributed by atoms with Crippen molar-refractivity contribution in [2.45, 2.75) is 45.1 Å². The van der Waals surface area contributed by atoms with Crippen LogP contribution in [0.2, 0.25) is 0 Å². The van der Waals surface area contributed by atoms with E-state index in [1.54, 1.807) is 4.90 Å². The fourth-order valence-corrected chi connectivity index (χ4v) is 3.37. The predicted octanol–water partition coefficient (Wildman–Crippen LogP) is 4.28. The molecule has 0 heterocycles. The molecule has 1 N–H and O–H groups in total. The number of anilines is 1. The number of hydrogen-bond acceptors (Lipinski definition) is 3. The summed E-state index contributed by atoms with van der Waals surface area (Å²) in [5, 5.41) is 3.06. The first-order chi connectivity index (χ1) is 13.1. The quantitative estimate of drug-likeness (QED) is 0.796. The van der Waals surface area contributed by atoms with Crippen LogP contribution in [0.1, 0.15) is 39.0 Å². The highest BCUT2D eigenvalue weighted by Gasteiger charge is 2.18. The van der Waals surface area contributed by atoms with Gasteiger partial charge in [-0.3, -0.25) is 9.59 Å². The van der Waals surface area contributed by atoms with Crippen molar-refractivity contribution < 1.29 is 14.3 Å². The minimum atomic E-state index is -0.0830. The Kier molecular flexibility index (Phi) is 6.47. The van der Waals surface area contributed by atoms with Crippen LogP contribution >= 0.6 is 0 Å². The molecule has 0 spiro atoms. The fraction of sp³-hybridized carbons (Fsp3) is 0.364. The van der Waals surface area contributed by atoms with Crippen LogP contribution in [0, 0.1) is 0 Å². The van der Waals surface area contributed by atoms with Gasteiger partial charge in [0.15, 0.2) is 0 Å². The van der Waals surface area contributed by atoms with Crippen LogP contribution in [-0.2, 0) is 9.59 Å². The molecule has 0 saturated heterocycles. The van der Waals surface area contributed by atoms with Crippen LogP contribution in [0.3, 0.4) is 0 Å². The molecule has 3 rings (SSSR count). The molecule has 1 saturated carbocycles. The third-order valence-electron chi connectivity index (χ3n) is 4.79. The van der Waals surface area contributed by atoms with Crippen LogP contribution in [0.5, 0.6) is 11.5 Å². The molecule has 0 bridgehead atoms. The Morgan fingerprint density at radius 2 is 1.63 bits per heavy atom. The number of benzene rings is 2. The molecule has 142 valence electrons. The zero-order chi connectivity index (χ0) is 19.1. The van der Waals surface area contributed by atoms with E-state index in [1.807, 2.05) is 54.6 Å². The van der Waals surface area contributed by atoms with E-state index in [0.717, 1.165) is 24.3 Å². The van der Waals surface area contributed by atoms with Gasteiger partial charge in [0.2, 0.25) is 11.8 Å². The fourth-order valence-electron chi connectivity index (χ4n) is 3.37. The predicted molar refractivity (Wildman–Crippen MR) is 106 cm³/mol. The molecular formula is C22H26N2O3. The van der Waals surface area contributed by atoms with Crippen LogP contribution < -0.4 is 15.0 Å². The second kappa shape index (κ2) is 9.21. The first-order valence-corrected chi connectivity index (χ1v) is 9.52. The summed E-state index contributed by atoms with van der Waals surface area (Å²) in [4.78, 5) is 25.8. The molecule has 27 heavy (non-hydrogen) atoms. The first-order valence-electron chi connectivity index (χ1n) is 9.52. The SMILES string of the molecule is CC(=O)N(CCC(=O)NC1CCCC1)c1ccc(Oc2ccccc2)cc1. The van der Waals surface area contributed by atoms with Gasteiger partial charge in [-0.05, 0) is 49.2 Å². The number of hydrogen-bond donors (Lipinski definition) is 1. The summed E-state index contributed by atoms with van der Waals surface area (Å²) < 4.78 is 5.78. The van der Waals surface area contributed by atoms with E-state index < -0.39 is 0 Å². The number of ether oxygens (including phenoxy) is 1. The van der Waals surface area contributed by atoms with Crippen molar-refractivity contribution in [1.82, 2.24) is 5.32 Å². The Labute approximate surface area is 160 Å². The molecule has 2 aromatic carbocycles. The number of para-hydroxylation sites is 1. The highest BCUT2D eigenvalue weighted by molar-refractivity contribution is 5.92. The van der Waals surface area contributed by atoms with Gasteiger partial charge in [0.05, 0.1) is 0 Å². The van der Waals surface area contributed by atoms with Gasteiger partial charge < -0.3 is 15.0 Å². The third-order valence-corrected chi connectivity index (χ3v) is 4.79. The summed E-state index contributed by atoms with van der Waals surface area (Å²) in [6, 6.07) is 17.2. The summed E-state index contributed by atoms with van der Waals surface area (Å²) in [6.07, 6.45) is 4.79. The molecule has 0 atom stereocenters. The van der Waals surface area contributed by atoms with Crippen LogP contribution in [-0.4, -0.2) is 24.4 Å². The molecule has 5 nitrogen and oxygen atoms in total. The number of carbonyl (C=O) groups is 2. The van der Waals surface area contributed by atoms with Crippen molar-refractivity contribution in [1.29, 1.82) is 0 Å². The Morgan fingerprint density at radius 3 is 2.26 bits per heavy atom. The average molecular weight is 366 g/mol. The van der Waals surface area contributed by atoms with E-state index in [9.17, 15) is 9.59 Å². The summed E-state index contributed by atoms with van der Waals surface area (Å²) in [5.41, 5.74) is 0.761. The molecule has 0 unspecified atom stereocenters. The summed E-state index contributed by atoms with van der Waals surface area (Å²) in [7, 11) is 0. The van der Waals surface area contributed by atoms with Gasteiger partial charge in [-0.1, -0.05) is 31.0 Å². The Balaban J connectivity index is 1.57. The number of nitrogens with zero attached hydrogens (tertiary/aromatic N) is 1. The Hall–Kier alpha value is -2.82. The molecule has 2 aromatic rings. The lowest BCUT2D eigenvalue weighted by Gasteiger charge is -2.22. The second-order valence-electron chi connectivity index (χ2n) is 6.88. The van der Waals surface area contributed by atoms with E-state index in [-0.39, 0.29) is 11.8 Å². The number of rotatable bonds is 7. The van der Waals surface area contributed by atoms with Crippen molar-refractivity contribution in [3.8, 4) is 11.5 Å². The zero-order valence-electron chi connectivity index (χ0n) is 15.7. The van der Waals surface area contributed by atoms with E-state index in [0.29, 0.717) is 24.8 Å². The van der Waals surface area contributed by atoms with Gasteiger partial charge >= 0.3 is 0 Å². The summed E-state index contributed by atoms with van der Waals surface area (Å²) in [5.74, 6) is 1.39. The summed E-state index contributed by atoms with van der Waals surface area (Å²) >= 11 is 0. The van der Waals surface area contributed by atoms with Crippen molar-refractivity contribution in [2.75, 3.05) is 11.4 Å². The maximum atomic E-state index is 12.1. The van der Waals surface area contributed by atoms with Gasteiger partial charge in [0.1, 0.15) is 11.5 Å². The van der Waals surface area contributed by atoms with Crippen LogP contribution in [0.4, 0.5) is 5.69 Å². The standard InChI is InChI=1S/C22H26N2O3/c1-17(25)24(16-15-22(26)23-18-7-5-6-8-18)19-11-13-21(14-12-19)27-20-9-3-2-4-10-20/h2-4,9-14,18H,5-8,15-16H2,1H3,(H,23,26). The Morgan fingerprint density at radius 1 is 1.00 bits per heavy atom. The molecule has 1 fully saturated rings. The smallest absolute Gasteiger partial charge is 0.223 e. The highest BCUT2D eigenvalue weighted by Crippen LogP contribution is 2.24. The van der Waals surface area contributed by atoms with Crippen molar-refractivity contribution in [3.63, 3.8) is 0 Å². The number of nitrogens with one attached hydrogen (secondary N) is 1. The van der Waals surface area contributed by atoms with Crippen molar-refractivity contribution in [2.24, 2.45) is 0 Å². The van der Waals surface area contributed by atoms with Gasteiger partial charge in [-0.2, -0.15) is 0 Å². The van der Waals surface area contributed by atoms with Gasteiger partial charge in [-0.25, -0.2) is 0 Å². The van der Waals surface area contributed by atoms with E-state index >= 15 is 0 Å². The van der Waals surface area contributed by atoms with Crippen molar-refractivity contribution >= 4 is 17.5 Å². The molecule has 0 aromatic heterocycles. The van der Waals surface area contributed by atoms with Gasteiger partial charge in [-0.15, -0.1) is 0 Å². The maximum Gasteiger partial charge on any atom is 0.223 e. The topological polar surface area (TPSA) is 58.6 Å². The lowest BCUT2D eigenvalue weighted by atomic mass is 10.2. The van der Waals surface area contributed by atoms with Crippen LogP contribution in [0.15, 0.2) is 54.6 Å². The monoisotopic (exact) mass is 366 g/mol. The van der Waals surface area contributed by atoms with E-state index in [1.165, 1.54) is 19.8 Å². The van der Waals surface area contributed by atoms with Gasteiger partial charge in [0, 0.05) is 31.6 Å². The first kappa shape index (κ1) is 19.0. The minimum Gasteiger partial charge on any atom is -0.457 e. The van der Waals surface area contributed by atoms with Gasteiger partial charge in [0.25, 0.3) is 0 Å². The van der Waals surface area contributed by atoms with E-state index in [2.05, 4.69) is 5.32 Å². The molecule has 1 aliphatic carbocycles. The van der Waals surface area contributed by atoms with Crippen LogP contribution in [0.25, 0.3) is 0 Å². The highest BCUT2D eigenvalue weighted by atomic mass is 16.5. The summed E-state index contributed by atoms with van der Waals surface area (Å²) in [6.45, 7) is 1.88. The second-order valence-corrected chi connectivity index (χ2v) is 6.88. The number of carbonyl (C=O) groups excluding carboxylic acids is 2. The zero-order valence-corrected chi connectivity index (χ0v) is 15.7. The third kappa shape index (κ3) is 5.58. The molecule has 0 radical (unpaired) electrons. The normalized spacial score (nSPS) is 14.0. The number of amides is 2. The lowest BCUT2D eigenvalue weighted by Crippen LogP contribution is -2.37. The average Bonchev–Trinajstić information content (AvgIpc) is 3.17. The molecule has 2 amide bonds. The maximum absolute atomic E-state index is 12.1. The molecule has 1 aliphatic rings. The lowest BCUT2D eigenvalue weighted by molar-refractivity contribution is -0.121. The molecular weight excluding hydrogens is 340 g/mol. The molecule has 5 heteroatoms. The minimum absolute atomic E-state index is 0.0113. The molecule has 0 aliphatic heterocycles. The largest absolute Gasteiger partial charge is 0.457 e. The van der Waals surface area contributed by atoms with E-state index in [4.69, 9.17) is 4.74 Å². The Bertz CT molecular complexity index is 753. The van der Waals surface area contributed by atoms with Crippen molar-refractivity contribution in [3.05, 3.63) is 54.6 Å².